The number of hydrogen-bond donors (Lipinski definition) is 0. The summed E-state index contributed by atoms with van der Waals surface area (Å²) in [6.45, 7) is 4.49. The van der Waals surface area contributed by atoms with Crippen LogP contribution in [0.15, 0.2) is 24.3 Å². The quantitative estimate of drug-likeness (QED) is 0.679. The van der Waals surface area contributed by atoms with Gasteiger partial charge in [0.1, 0.15) is 5.75 Å². The van der Waals surface area contributed by atoms with Crippen molar-refractivity contribution in [3.8, 4) is 5.75 Å². The standard InChI is InChI=1S/C14H21ClO/c1-4-11(2)13(10-15)9-12-5-7-14(16-3)8-6-12/h5-8,11,13H,4,9-10H2,1-3H3. The van der Waals surface area contributed by atoms with Crippen LogP contribution >= 0.6 is 11.6 Å². The summed E-state index contributed by atoms with van der Waals surface area (Å²) >= 11 is 6.02. The van der Waals surface area contributed by atoms with Crippen LogP contribution in [0.4, 0.5) is 0 Å². The lowest BCUT2D eigenvalue weighted by atomic mass is 9.88. The largest absolute Gasteiger partial charge is 0.497 e. The van der Waals surface area contributed by atoms with Gasteiger partial charge in [0.05, 0.1) is 7.11 Å². The zero-order chi connectivity index (χ0) is 12.0. The van der Waals surface area contributed by atoms with Gasteiger partial charge in [0.25, 0.3) is 0 Å². The third-order valence-electron chi connectivity index (χ3n) is 3.30. The fraction of sp³-hybridized carbons (Fsp3) is 0.571. The molecule has 2 atom stereocenters. The SMILES string of the molecule is CCC(C)C(CCl)Cc1ccc(OC)cc1. The highest BCUT2D eigenvalue weighted by Crippen LogP contribution is 2.22. The summed E-state index contributed by atoms with van der Waals surface area (Å²) in [5.41, 5.74) is 1.34. The van der Waals surface area contributed by atoms with Crippen LogP contribution in [0.2, 0.25) is 0 Å². The smallest absolute Gasteiger partial charge is 0.118 e. The number of rotatable bonds is 6. The average Bonchev–Trinajstić information content (AvgIpc) is 2.35. The Labute approximate surface area is 104 Å². The maximum absolute atomic E-state index is 6.02. The summed E-state index contributed by atoms with van der Waals surface area (Å²) in [7, 11) is 1.69. The summed E-state index contributed by atoms with van der Waals surface area (Å²) in [5, 5.41) is 0. The Morgan fingerprint density at radius 3 is 2.31 bits per heavy atom. The van der Waals surface area contributed by atoms with E-state index in [9.17, 15) is 0 Å². The first-order chi connectivity index (χ1) is 7.71. The van der Waals surface area contributed by atoms with Crippen molar-refractivity contribution in [2.45, 2.75) is 26.7 Å². The van der Waals surface area contributed by atoms with Gasteiger partial charge in [-0.3, -0.25) is 0 Å². The van der Waals surface area contributed by atoms with Gasteiger partial charge in [0, 0.05) is 5.88 Å². The summed E-state index contributed by atoms with van der Waals surface area (Å²) in [5.74, 6) is 2.90. The molecule has 2 unspecified atom stereocenters. The monoisotopic (exact) mass is 240 g/mol. The molecular formula is C14H21ClO. The molecule has 90 valence electrons. The van der Waals surface area contributed by atoms with Crippen molar-refractivity contribution in [3.63, 3.8) is 0 Å². The molecule has 0 amide bonds. The normalized spacial score (nSPS) is 14.5. The molecule has 0 heterocycles. The Bertz CT molecular complexity index is 294. The topological polar surface area (TPSA) is 9.23 Å². The van der Waals surface area contributed by atoms with Gasteiger partial charge in [-0.05, 0) is 36.0 Å². The number of benzene rings is 1. The molecule has 0 aliphatic carbocycles. The van der Waals surface area contributed by atoms with E-state index in [1.807, 2.05) is 12.1 Å². The molecule has 0 saturated heterocycles. The van der Waals surface area contributed by atoms with E-state index >= 15 is 0 Å². The lowest BCUT2D eigenvalue weighted by Crippen LogP contribution is -2.15. The van der Waals surface area contributed by atoms with E-state index in [0.717, 1.165) is 18.1 Å². The number of alkyl halides is 1. The highest BCUT2D eigenvalue weighted by atomic mass is 35.5. The molecule has 0 spiro atoms. The van der Waals surface area contributed by atoms with Crippen molar-refractivity contribution >= 4 is 11.6 Å². The summed E-state index contributed by atoms with van der Waals surface area (Å²) in [6, 6.07) is 8.27. The van der Waals surface area contributed by atoms with Crippen LogP contribution in [-0.4, -0.2) is 13.0 Å². The van der Waals surface area contributed by atoms with Crippen LogP contribution in [0.1, 0.15) is 25.8 Å². The third kappa shape index (κ3) is 3.71. The van der Waals surface area contributed by atoms with Crippen LogP contribution in [0.3, 0.4) is 0 Å². The average molecular weight is 241 g/mol. The molecule has 1 aromatic rings. The molecule has 0 fully saturated rings. The van der Waals surface area contributed by atoms with Crippen LogP contribution in [-0.2, 0) is 6.42 Å². The van der Waals surface area contributed by atoms with Gasteiger partial charge < -0.3 is 4.74 Å². The molecular weight excluding hydrogens is 220 g/mol. The van der Waals surface area contributed by atoms with Gasteiger partial charge in [-0.25, -0.2) is 0 Å². The second kappa shape index (κ2) is 6.80. The Kier molecular flexibility index (Phi) is 5.68. The van der Waals surface area contributed by atoms with E-state index in [2.05, 4.69) is 26.0 Å². The third-order valence-corrected chi connectivity index (χ3v) is 3.70. The van der Waals surface area contributed by atoms with Crippen LogP contribution < -0.4 is 4.74 Å². The van der Waals surface area contributed by atoms with Gasteiger partial charge in [0.15, 0.2) is 0 Å². The van der Waals surface area contributed by atoms with Crippen molar-refractivity contribution in [2.24, 2.45) is 11.8 Å². The molecule has 0 N–H and O–H groups in total. The first-order valence-corrected chi connectivity index (χ1v) is 6.43. The van der Waals surface area contributed by atoms with E-state index in [0.29, 0.717) is 11.8 Å². The Morgan fingerprint density at radius 2 is 1.88 bits per heavy atom. The van der Waals surface area contributed by atoms with Crippen molar-refractivity contribution in [1.29, 1.82) is 0 Å². The van der Waals surface area contributed by atoms with E-state index in [4.69, 9.17) is 16.3 Å². The maximum Gasteiger partial charge on any atom is 0.118 e. The molecule has 2 heteroatoms. The van der Waals surface area contributed by atoms with Gasteiger partial charge in [-0.2, -0.15) is 0 Å². The van der Waals surface area contributed by atoms with E-state index < -0.39 is 0 Å². The molecule has 1 rings (SSSR count). The maximum atomic E-state index is 6.02. The lowest BCUT2D eigenvalue weighted by molar-refractivity contribution is 0.379. The Morgan fingerprint density at radius 1 is 1.25 bits per heavy atom. The van der Waals surface area contributed by atoms with Gasteiger partial charge >= 0.3 is 0 Å². The number of halogens is 1. The van der Waals surface area contributed by atoms with Crippen molar-refractivity contribution in [3.05, 3.63) is 29.8 Å². The Balaban J connectivity index is 2.63. The van der Waals surface area contributed by atoms with Crippen LogP contribution in [0.25, 0.3) is 0 Å². The van der Waals surface area contributed by atoms with Gasteiger partial charge in [0.2, 0.25) is 0 Å². The van der Waals surface area contributed by atoms with Crippen LogP contribution in [0, 0.1) is 11.8 Å². The fourth-order valence-electron chi connectivity index (χ4n) is 1.81. The Hall–Kier alpha value is -0.690. The summed E-state index contributed by atoms with van der Waals surface area (Å²) in [6.07, 6.45) is 2.25. The highest BCUT2D eigenvalue weighted by molar-refractivity contribution is 6.18. The molecule has 0 aromatic heterocycles. The molecule has 0 radical (unpaired) electrons. The van der Waals surface area contributed by atoms with Crippen LogP contribution in [0.5, 0.6) is 5.75 Å². The molecule has 0 aliphatic heterocycles. The molecule has 0 aliphatic rings. The zero-order valence-electron chi connectivity index (χ0n) is 10.4. The van der Waals surface area contributed by atoms with Gasteiger partial charge in [-0.15, -0.1) is 11.6 Å². The molecule has 1 nitrogen and oxygen atoms in total. The molecule has 16 heavy (non-hydrogen) atoms. The highest BCUT2D eigenvalue weighted by Gasteiger charge is 2.15. The minimum atomic E-state index is 0.570. The fourth-order valence-corrected chi connectivity index (χ4v) is 2.22. The van der Waals surface area contributed by atoms with E-state index in [1.54, 1.807) is 7.11 Å². The summed E-state index contributed by atoms with van der Waals surface area (Å²) < 4.78 is 5.14. The number of ether oxygens (including phenoxy) is 1. The van der Waals surface area contributed by atoms with Crippen molar-refractivity contribution in [1.82, 2.24) is 0 Å². The lowest BCUT2D eigenvalue weighted by Gasteiger charge is -2.20. The molecule has 1 aromatic carbocycles. The van der Waals surface area contributed by atoms with E-state index in [-0.39, 0.29) is 0 Å². The molecule has 0 bridgehead atoms. The first-order valence-electron chi connectivity index (χ1n) is 5.90. The number of methoxy groups -OCH3 is 1. The predicted octanol–water partition coefficient (Wildman–Crippen LogP) is 4.14. The van der Waals surface area contributed by atoms with Crippen molar-refractivity contribution < 1.29 is 4.74 Å². The first kappa shape index (κ1) is 13.4. The predicted molar refractivity (Wildman–Crippen MR) is 70.4 cm³/mol. The van der Waals surface area contributed by atoms with Crippen molar-refractivity contribution in [2.75, 3.05) is 13.0 Å². The molecule has 0 saturated carbocycles. The van der Waals surface area contributed by atoms with Gasteiger partial charge in [-0.1, -0.05) is 32.4 Å². The summed E-state index contributed by atoms with van der Waals surface area (Å²) in [4.78, 5) is 0. The minimum absolute atomic E-state index is 0.570. The van der Waals surface area contributed by atoms with E-state index in [1.165, 1.54) is 12.0 Å². The number of hydrogen-bond acceptors (Lipinski definition) is 1. The second-order valence-electron chi connectivity index (χ2n) is 4.35. The minimum Gasteiger partial charge on any atom is -0.497 e. The second-order valence-corrected chi connectivity index (χ2v) is 4.66. The zero-order valence-corrected chi connectivity index (χ0v) is 11.1.